The molecule has 14 nitrogen and oxygen atoms in total. The minimum atomic E-state index is -1.59. The fourth-order valence-electron chi connectivity index (χ4n) is 14.7. The van der Waals surface area contributed by atoms with Crippen LogP contribution in [0.5, 0.6) is 11.5 Å². The monoisotopic (exact) mass is 1470 g/mol. The maximum absolute atomic E-state index is 16.4. The second-order valence-electron chi connectivity index (χ2n) is 25.1. The molecule has 0 saturated heterocycles. The molecule has 516 valence electrons. The summed E-state index contributed by atoms with van der Waals surface area (Å²) in [5, 5.41) is 51.8. The zero-order valence-electron chi connectivity index (χ0n) is 56.2. The van der Waals surface area contributed by atoms with E-state index in [0.717, 1.165) is 123 Å². The molecular formula is C86H56BBrF4N6O8. The van der Waals surface area contributed by atoms with Crippen molar-refractivity contribution < 1.29 is 46.9 Å². The van der Waals surface area contributed by atoms with Crippen molar-refractivity contribution in [2.24, 2.45) is 0 Å². The molecule has 0 unspecified atom stereocenters. The van der Waals surface area contributed by atoms with Crippen LogP contribution in [0.2, 0.25) is 0 Å². The van der Waals surface area contributed by atoms with Crippen LogP contribution in [0, 0.1) is 43.5 Å². The van der Waals surface area contributed by atoms with Crippen LogP contribution >= 0.6 is 15.9 Å². The van der Waals surface area contributed by atoms with E-state index in [1.165, 1.54) is 32.4 Å². The Morgan fingerprint density at radius 1 is 0.321 bits per heavy atom. The Labute approximate surface area is 609 Å². The number of rotatable bonds is 12. The van der Waals surface area contributed by atoms with Crippen LogP contribution in [0.25, 0.3) is 143 Å². The van der Waals surface area contributed by atoms with E-state index in [4.69, 9.17) is 9.47 Å². The fourth-order valence-corrected chi connectivity index (χ4v) is 15.0. The molecule has 0 radical (unpaired) electrons. The number of hydrogen-bond donors (Lipinski definition) is 2. The highest BCUT2D eigenvalue weighted by molar-refractivity contribution is 9.10. The highest BCUT2D eigenvalue weighted by Gasteiger charge is 2.27. The summed E-state index contributed by atoms with van der Waals surface area (Å²) in [4.78, 5) is 22.8. The van der Waals surface area contributed by atoms with Crippen molar-refractivity contribution in [3.63, 3.8) is 0 Å². The first-order valence-corrected chi connectivity index (χ1v) is 34.3. The van der Waals surface area contributed by atoms with E-state index in [0.29, 0.717) is 33.9 Å². The Morgan fingerprint density at radius 3 is 0.877 bits per heavy atom. The Kier molecular flexibility index (Phi) is 17.5. The molecule has 0 aliphatic carbocycles. The normalized spacial score (nSPS) is 11.4. The van der Waals surface area contributed by atoms with Crippen molar-refractivity contribution in [3.8, 4) is 67.6 Å². The van der Waals surface area contributed by atoms with Crippen molar-refractivity contribution in [3.05, 3.63) is 339 Å². The van der Waals surface area contributed by atoms with E-state index < -0.39 is 40.2 Å². The summed E-state index contributed by atoms with van der Waals surface area (Å²) in [5.41, 5.74) is 10.0. The van der Waals surface area contributed by atoms with Gasteiger partial charge in [0.1, 0.15) is 34.8 Å². The largest absolute Gasteiger partial charge is 0.497 e. The van der Waals surface area contributed by atoms with Crippen LogP contribution in [0.4, 0.5) is 28.9 Å². The van der Waals surface area contributed by atoms with Gasteiger partial charge in [-0.05, 0) is 149 Å². The summed E-state index contributed by atoms with van der Waals surface area (Å²) in [6.07, 6.45) is 0. The summed E-state index contributed by atoms with van der Waals surface area (Å²) >= 11 is 2.95. The number of ether oxygens (including phenoxy) is 2. The highest BCUT2D eigenvalue weighted by Crippen LogP contribution is 2.44. The molecule has 0 amide bonds. The summed E-state index contributed by atoms with van der Waals surface area (Å²) in [6.45, 7) is 0. The quantitative estimate of drug-likeness (QED) is 0.0401. The summed E-state index contributed by atoms with van der Waals surface area (Å²) in [7, 11) is 1.40. The predicted octanol–water partition coefficient (Wildman–Crippen LogP) is 21.3. The molecular weight excluding hydrogens is 1410 g/mol. The predicted molar refractivity (Wildman–Crippen MR) is 417 cm³/mol. The number of nitro groups is 2. The number of para-hydroxylation sites is 8. The average Bonchev–Trinajstić information content (AvgIpc) is 1.58. The first kappa shape index (κ1) is 67.4. The second kappa shape index (κ2) is 27.6. The van der Waals surface area contributed by atoms with E-state index in [1.807, 2.05) is 179 Å². The van der Waals surface area contributed by atoms with Crippen molar-refractivity contribution in [2.45, 2.75) is 0 Å². The number of benzene rings is 14. The van der Waals surface area contributed by atoms with Crippen molar-refractivity contribution >= 4 is 127 Å². The molecule has 18 rings (SSSR count). The smallest absolute Gasteiger partial charge is 0.492 e. The number of methoxy groups -OCH3 is 2. The Bertz CT molecular complexity index is 6400. The number of aromatic nitrogens is 4. The molecule has 18 aromatic rings. The molecule has 20 heteroatoms. The van der Waals surface area contributed by atoms with Gasteiger partial charge in [-0.25, -0.2) is 17.6 Å². The van der Waals surface area contributed by atoms with Crippen LogP contribution in [0.3, 0.4) is 0 Å². The van der Waals surface area contributed by atoms with Gasteiger partial charge in [-0.1, -0.05) is 146 Å². The molecule has 0 atom stereocenters. The van der Waals surface area contributed by atoms with Gasteiger partial charge in [0.25, 0.3) is 11.4 Å². The SMILES string of the molecule is COc1ccc(-n2c3ccccc3c3ccccc32)cc1-c1cc(F)c(-c2cc(-n3c4ccccc4c4ccccc43)ccc2[N+](=O)[O-])cc1F.COc1ccc(-n2c3ccccc3c3ccccc32)cc1B(O)O.O=[N+]([O-])c1ccc(-n2c3ccccc3c3ccccc32)cc1-c1cc(F)c(Br)cc1F. The molecule has 0 aliphatic heterocycles. The summed E-state index contributed by atoms with van der Waals surface area (Å²) in [5.74, 6) is -2.21. The summed E-state index contributed by atoms with van der Waals surface area (Å²) < 4.78 is 80.7. The number of nitro benzene ring substituents is 2. The lowest BCUT2D eigenvalue weighted by Crippen LogP contribution is -2.31. The third-order valence-electron chi connectivity index (χ3n) is 19.3. The van der Waals surface area contributed by atoms with Gasteiger partial charge in [-0.2, -0.15) is 0 Å². The van der Waals surface area contributed by atoms with Crippen LogP contribution in [0.15, 0.2) is 296 Å². The third kappa shape index (κ3) is 11.7. The van der Waals surface area contributed by atoms with Gasteiger partial charge in [0, 0.05) is 106 Å². The molecule has 0 saturated carbocycles. The lowest BCUT2D eigenvalue weighted by Gasteiger charge is -2.16. The topological polar surface area (TPSA) is 165 Å². The molecule has 2 N–H and O–H groups in total. The molecule has 4 aromatic heterocycles. The molecule has 0 fully saturated rings. The fraction of sp³-hybridized carbons (Fsp3) is 0.0233. The molecule has 0 spiro atoms. The molecule has 0 bridgehead atoms. The second-order valence-corrected chi connectivity index (χ2v) is 26.0. The van der Waals surface area contributed by atoms with Crippen LogP contribution in [-0.2, 0) is 0 Å². The van der Waals surface area contributed by atoms with Gasteiger partial charge in [0.15, 0.2) is 0 Å². The lowest BCUT2D eigenvalue weighted by molar-refractivity contribution is -0.384. The number of nitrogens with zero attached hydrogens (tertiary/aromatic N) is 6. The number of halogens is 5. The van der Waals surface area contributed by atoms with Crippen LogP contribution < -0.4 is 14.9 Å². The Hall–Kier alpha value is -13.1. The molecule has 14 aromatic carbocycles. The van der Waals surface area contributed by atoms with E-state index in [1.54, 1.807) is 42.5 Å². The standard InChI is InChI=1S/C43H27F2N3O3.C24H13BrF2N2O2.C19H16BNO3/c1-51-43-21-19-27(47-40-16-8-4-12-30(40)31-13-5-9-17-41(31)47)23-35(43)33-25-36(44)32(24-37(33)45)34-22-26(18-20-42(34)48(49)50)46-38-14-6-2-10-28(38)29-11-3-7-15-39(29)46;25-19-13-20(26)17(12-21(19)27)18-11-14(9-10-24(18)29(30)31)28-22-7-3-1-5-15(22)16-6-2-4-8-23(16)28;1-24-19-11-10-13(12-16(19)20(22)23)21-17-8-4-2-6-14(17)15-7-3-5-9-18(15)21/h2-25H,1H3;1-13H;2-12,22-23H,1H3. The average molecular weight is 1470 g/mol. The van der Waals surface area contributed by atoms with Crippen molar-refractivity contribution in [1.29, 1.82) is 0 Å². The van der Waals surface area contributed by atoms with Crippen LogP contribution in [-0.4, -0.2) is 59.5 Å². The molecule has 106 heavy (non-hydrogen) atoms. The maximum atomic E-state index is 16.4. The maximum Gasteiger partial charge on any atom is 0.492 e. The minimum Gasteiger partial charge on any atom is -0.497 e. The third-order valence-corrected chi connectivity index (χ3v) is 19.9. The number of fused-ring (bicyclic) bond motifs is 12. The van der Waals surface area contributed by atoms with Gasteiger partial charge in [-0.15, -0.1) is 0 Å². The first-order chi connectivity index (χ1) is 51.6. The van der Waals surface area contributed by atoms with Gasteiger partial charge >= 0.3 is 7.12 Å². The van der Waals surface area contributed by atoms with E-state index in [-0.39, 0.29) is 43.7 Å². The minimum absolute atomic E-state index is 0.00765. The molecule has 0 aliphatic rings. The van der Waals surface area contributed by atoms with Gasteiger partial charge in [0.2, 0.25) is 0 Å². The van der Waals surface area contributed by atoms with Crippen molar-refractivity contribution in [2.75, 3.05) is 14.2 Å². The number of hydrogen-bond acceptors (Lipinski definition) is 8. The van der Waals surface area contributed by atoms with Gasteiger partial charge < -0.3 is 37.8 Å². The van der Waals surface area contributed by atoms with Crippen molar-refractivity contribution in [1.82, 2.24) is 18.3 Å². The van der Waals surface area contributed by atoms with Gasteiger partial charge in [-0.3, -0.25) is 20.2 Å². The first-order valence-electron chi connectivity index (χ1n) is 33.5. The van der Waals surface area contributed by atoms with E-state index in [2.05, 4.69) is 61.5 Å². The highest BCUT2D eigenvalue weighted by atomic mass is 79.9. The lowest BCUT2D eigenvalue weighted by atomic mass is 9.79. The zero-order chi connectivity index (χ0) is 73.2. The van der Waals surface area contributed by atoms with Crippen LogP contribution in [0.1, 0.15) is 0 Å². The van der Waals surface area contributed by atoms with Gasteiger partial charge in [0.05, 0.1) is 83.8 Å². The van der Waals surface area contributed by atoms with E-state index in [9.17, 15) is 39.1 Å². The van der Waals surface area contributed by atoms with E-state index >= 15 is 8.78 Å². The molecule has 4 heterocycles. The summed E-state index contributed by atoms with van der Waals surface area (Å²) in [6, 6.07) is 87.7. The Balaban J connectivity index is 0.000000133. The zero-order valence-corrected chi connectivity index (χ0v) is 57.8. The Morgan fingerprint density at radius 2 is 0.575 bits per heavy atom.